The normalized spacial score (nSPS) is 17.5. The number of nitrogens with one attached hydrogen (secondary N) is 2. The summed E-state index contributed by atoms with van der Waals surface area (Å²) in [5.74, 6) is 2.37. The number of aromatic nitrogens is 1. The first-order chi connectivity index (χ1) is 11.9. The predicted molar refractivity (Wildman–Crippen MR) is 117 cm³/mol. The Labute approximate surface area is 175 Å². The van der Waals surface area contributed by atoms with Gasteiger partial charge in [0.25, 0.3) is 0 Å². The van der Waals surface area contributed by atoms with Crippen LogP contribution in [0.4, 0.5) is 0 Å². The zero-order valence-corrected chi connectivity index (χ0v) is 19.2. The van der Waals surface area contributed by atoms with E-state index in [1.54, 1.807) is 7.05 Å². The van der Waals surface area contributed by atoms with E-state index in [9.17, 15) is 0 Å². The van der Waals surface area contributed by atoms with Crippen LogP contribution in [0.2, 0.25) is 0 Å². The maximum absolute atomic E-state index is 5.80. The maximum atomic E-state index is 5.80. The predicted octanol–water partition coefficient (Wildman–Crippen LogP) is 1.89. The Morgan fingerprint density at radius 1 is 1.23 bits per heavy atom. The van der Waals surface area contributed by atoms with Crippen molar-refractivity contribution in [1.29, 1.82) is 0 Å². The molecule has 2 N–H and O–H groups in total. The minimum absolute atomic E-state index is 0. The molecule has 26 heavy (non-hydrogen) atoms. The summed E-state index contributed by atoms with van der Waals surface area (Å²) < 4.78 is 5.80. The summed E-state index contributed by atoms with van der Waals surface area (Å²) in [4.78, 5) is 13.5. The highest BCUT2D eigenvalue weighted by atomic mass is 127. The van der Waals surface area contributed by atoms with E-state index in [-0.39, 0.29) is 29.4 Å². The molecule has 1 aromatic heterocycles. The number of rotatable bonds is 5. The number of aliphatic imine (C=N–C) groups is 1. The number of halogens is 1. The molecule has 1 aliphatic rings. The second-order valence-electron chi connectivity index (χ2n) is 7.72. The van der Waals surface area contributed by atoms with Crippen LogP contribution in [0.15, 0.2) is 15.6 Å². The number of guanidine groups is 1. The third kappa shape index (κ3) is 7.79. The number of oxazole rings is 1. The molecule has 0 spiro atoms. The van der Waals surface area contributed by atoms with E-state index in [1.165, 1.54) is 19.5 Å². The van der Waals surface area contributed by atoms with Crippen LogP contribution in [0.3, 0.4) is 0 Å². The third-order valence-corrected chi connectivity index (χ3v) is 4.46. The van der Waals surface area contributed by atoms with E-state index < -0.39 is 0 Å². The first-order valence-electron chi connectivity index (χ1n) is 9.19. The lowest BCUT2D eigenvalue weighted by molar-refractivity contribution is 0.280. The minimum atomic E-state index is -0.0214. The van der Waals surface area contributed by atoms with Gasteiger partial charge in [0.05, 0.1) is 12.7 Å². The van der Waals surface area contributed by atoms with Crippen molar-refractivity contribution in [2.45, 2.75) is 39.2 Å². The summed E-state index contributed by atoms with van der Waals surface area (Å²) in [6.45, 7) is 13.4. The first kappa shape index (κ1) is 23.2. The van der Waals surface area contributed by atoms with Gasteiger partial charge in [-0.15, -0.1) is 24.0 Å². The van der Waals surface area contributed by atoms with Crippen LogP contribution in [0, 0.1) is 0 Å². The number of likely N-dealkylation sites (N-methyl/N-ethyl adjacent to an activating group) is 1. The molecule has 7 nitrogen and oxygen atoms in total. The molecule has 0 aromatic carbocycles. The Hall–Kier alpha value is -0.870. The summed E-state index contributed by atoms with van der Waals surface area (Å²) >= 11 is 0. The molecule has 1 aliphatic heterocycles. The van der Waals surface area contributed by atoms with Crippen LogP contribution in [0.1, 0.15) is 38.8 Å². The Kier molecular flexibility index (Phi) is 9.88. The molecular formula is C18H35IN6O. The van der Waals surface area contributed by atoms with Gasteiger partial charge in [-0.05, 0) is 26.6 Å². The number of nitrogens with zero attached hydrogens (tertiary/aromatic N) is 4. The summed E-state index contributed by atoms with van der Waals surface area (Å²) in [6.07, 6.45) is 3.05. The highest BCUT2D eigenvalue weighted by Gasteiger charge is 2.19. The summed E-state index contributed by atoms with van der Waals surface area (Å²) in [5.41, 5.74) is -0.0214. The van der Waals surface area contributed by atoms with Crippen molar-refractivity contribution in [1.82, 2.24) is 25.4 Å². The zero-order chi connectivity index (χ0) is 18.3. The molecule has 0 saturated carbocycles. The summed E-state index contributed by atoms with van der Waals surface area (Å²) in [5, 5.41) is 6.63. The summed E-state index contributed by atoms with van der Waals surface area (Å²) in [7, 11) is 3.98. The topological polar surface area (TPSA) is 68.9 Å². The lowest BCUT2D eigenvalue weighted by Gasteiger charge is -2.20. The van der Waals surface area contributed by atoms with Crippen LogP contribution in [0.25, 0.3) is 0 Å². The van der Waals surface area contributed by atoms with Crippen molar-refractivity contribution >= 4 is 29.9 Å². The molecule has 150 valence electrons. The van der Waals surface area contributed by atoms with Gasteiger partial charge in [-0.3, -0.25) is 4.99 Å². The smallest absolute Gasteiger partial charge is 0.213 e. The van der Waals surface area contributed by atoms with Crippen molar-refractivity contribution in [3.8, 4) is 0 Å². The molecule has 0 amide bonds. The molecule has 0 unspecified atom stereocenters. The Balaban J connectivity index is 0.00000338. The maximum Gasteiger partial charge on any atom is 0.213 e. The van der Waals surface area contributed by atoms with Crippen molar-refractivity contribution in [3.05, 3.63) is 17.8 Å². The van der Waals surface area contributed by atoms with E-state index in [0.717, 1.165) is 37.9 Å². The molecule has 0 aliphatic carbocycles. The lowest BCUT2D eigenvalue weighted by Crippen LogP contribution is -2.42. The standard InChI is InChI=1S/C18H34N6O.HI/c1-18(2,3)15-13-21-16(25-15)14-22-17(19-4)20-7-10-24-9-6-8-23(5)11-12-24;/h13H,6-12,14H2,1-5H3,(H2,19,20,22);1H. The molecule has 0 bridgehead atoms. The van der Waals surface area contributed by atoms with Crippen LogP contribution in [-0.2, 0) is 12.0 Å². The molecule has 1 fully saturated rings. The lowest BCUT2D eigenvalue weighted by atomic mass is 9.94. The average molecular weight is 478 g/mol. The van der Waals surface area contributed by atoms with Crippen molar-refractivity contribution in [2.75, 3.05) is 53.4 Å². The second-order valence-corrected chi connectivity index (χ2v) is 7.72. The van der Waals surface area contributed by atoms with Crippen molar-refractivity contribution in [3.63, 3.8) is 0 Å². The fraction of sp³-hybridized carbons (Fsp3) is 0.778. The quantitative estimate of drug-likeness (QED) is 0.383. The molecule has 8 heteroatoms. The van der Waals surface area contributed by atoms with Crippen LogP contribution in [0.5, 0.6) is 0 Å². The highest BCUT2D eigenvalue weighted by molar-refractivity contribution is 14.0. The van der Waals surface area contributed by atoms with E-state index in [0.29, 0.717) is 12.4 Å². The van der Waals surface area contributed by atoms with Crippen molar-refractivity contribution < 1.29 is 4.42 Å². The number of hydrogen-bond acceptors (Lipinski definition) is 5. The first-order valence-corrected chi connectivity index (χ1v) is 9.19. The Morgan fingerprint density at radius 2 is 2.00 bits per heavy atom. The Morgan fingerprint density at radius 3 is 2.65 bits per heavy atom. The van der Waals surface area contributed by atoms with Gasteiger partial charge in [0.2, 0.25) is 5.89 Å². The molecule has 0 radical (unpaired) electrons. The third-order valence-electron chi connectivity index (χ3n) is 4.46. The van der Waals surface area contributed by atoms with Gasteiger partial charge >= 0.3 is 0 Å². The highest BCUT2D eigenvalue weighted by Crippen LogP contribution is 2.22. The molecule has 0 atom stereocenters. The largest absolute Gasteiger partial charge is 0.443 e. The molecular weight excluding hydrogens is 443 g/mol. The van der Waals surface area contributed by atoms with Gasteiger partial charge in [0.1, 0.15) is 5.76 Å². The summed E-state index contributed by atoms with van der Waals surface area (Å²) in [6, 6.07) is 0. The SMILES string of the molecule is CN=C(NCCN1CCCN(C)CC1)NCc1ncc(C(C)(C)C)o1.I. The number of hydrogen-bond donors (Lipinski definition) is 2. The van der Waals surface area contributed by atoms with Crippen molar-refractivity contribution in [2.24, 2.45) is 4.99 Å². The van der Waals surface area contributed by atoms with E-state index in [1.807, 2.05) is 6.20 Å². The van der Waals surface area contributed by atoms with Gasteiger partial charge in [0, 0.05) is 38.6 Å². The van der Waals surface area contributed by atoms with Gasteiger partial charge in [-0.1, -0.05) is 20.8 Å². The van der Waals surface area contributed by atoms with Gasteiger partial charge in [0.15, 0.2) is 5.96 Å². The molecule has 1 aromatic rings. The minimum Gasteiger partial charge on any atom is -0.443 e. The van der Waals surface area contributed by atoms with E-state index in [2.05, 4.69) is 58.2 Å². The molecule has 2 rings (SSSR count). The van der Waals surface area contributed by atoms with Crippen LogP contribution < -0.4 is 10.6 Å². The molecule has 2 heterocycles. The van der Waals surface area contributed by atoms with Crippen LogP contribution in [-0.4, -0.2) is 74.1 Å². The van der Waals surface area contributed by atoms with E-state index in [4.69, 9.17) is 4.42 Å². The zero-order valence-electron chi connectivity index (χ0n) is 16.8. The fourth-order valence-corrected chi connectivity index (χ4v) is 2.77. The second kappa shape index (κ2) is 11.1. The average Bonchev–Trinajstić information content (AvgIpc) is 2.95. The molecule has 1 saturated heterocycles. The fourth-order valence-electron chi connectivity index (χ4n) is 2.77. The Bertz CT molecular complexity index is 554. The van der Waals surface area contributed by atoms with Gasteiger partial charge < -0.3 is 24.9 Å². The van der Waals surface area contributed by atoms with Gasteiger partial charge in [-0.2, -0.15) is 0 Å². The van der Waals surface area contributed by atoms with Crippen LogP contribution >= 0.6 is 24.0 Å². The monoisotopic (exact) mass is 478 g/mol. The van der Waals surface area contributed by atoms with Gasteiger partial charge in [-0.25, -0.2) is 4.98 Å². The van der Waals surface area contributed by atoms with E-state index >= 15 is 0 Å².